The van der Waals surface area contributed by atoms with Crippen molar-refractivity contribution in [1.29, 1.82) is 0 Å². The summed E-state index contributed by atoms with van der Waals surface area (Å²) in [4.78, 5) is 16.7. The van der Waals surface area contributed by atoms with Crippen LogP contribution in [0.15, 0.2) is 101 Å². The van der Waals surface area contributed by atoms with Crippen molar-refractivity contribution < 1.29 is 19.4 Å². The lowest BCUT2D eigenvalue weighted by Gasteiger charge is -2.36. The molecule has 3 atom stereocenters. The van der Waals surface area contributed by atoms with Crippen molar-refractivity contribution in [2.75, 3.05) is 12.3 Å². The first-order valence-electron chi connectivity index (χ1n) is 14.8. The number of aliphatic hydroxyl groups excluding tert-OH is 1. The molecule has 1 aromatic heterocycles. The molecule has 1 saturated heterocycles. The number of amides is 2. The summed E-state index contributed by atoms with van der Waals surface area (Å²) in [6, 6.07) is 32.4. The molecule has 44 heavy (non-hydrogen) atoms. The number of benzene rings is 4. The molecule has 0 spiro atoms. The van der Waals surface area contributed by atoms with Crippen molar-refractivity contribution in [3.8, 4) is 11.1 Å². The summed E-state index contributed by atoms with van der Waals surface area (Å²) in [5.41, 5.74) is 7.02. The summed E-state index contributed by atoms with van der Waals surface area (Å²) < 4.78 is 15.4. The van der Waals surface area contributed by atoms with Crippen LogP contribution >= 0.6 is 23.1 Å². The van der Waals surface area contributed by atoms with Gasteiger partial charge in [0.25, 0.3) is 0 Å². The topological polar surface area (TPSA) is 92.7 Å². The molecular weight excluding hydrogens is 591 g/mol. The lowest BCUT2D eigenvalue weighted by Crippen LogP contribution is -2.34. The van der Waals surface area contributed by atoms with E-state index in [1.165, 1.54) is 4.70 Å². The smallest absolute Gasteiger partial charge is 0.315 e. The average Bonchev–Trinajstić information content (AvgIpc) is 3.50. The number of hydrogen-bond donors (Lipinski definition) is 3. The van der Waals surface area contributed by atoms with Gasteiger partial charge in [-0.15, -0.1) is 11.3 Å². The molecule has 7 nitrogen and oxygen atoms in total. The third-order valence-corrected chi connectivity index (χ3v) is 9.80. The number of carbonyl (C=O) groups excluding carboxylic acids is 1. The summed E-state index contributed by atoms with van der Waals surface area (Å²) in [6.07, 6.45) is -0.0436. The van der Waals surface area contributed by atoms with Gasteiger partial charge < -0.3 is 25.2 Å². The van der Waals surface area contributed by atoms with Crippen LogP contribution in [0.25, 0.3) is 21.3 Å². The zero-order chi connectivity index (χ0) is 30.3. The molecule has 1 fully saturated rings. The first-order valence-corrected chi connectivity index (χ1v) is 16.6. The molecule has 3 N–H and O–H groups in total. The van der Waals surface area contributed by atoms with Gasteiger partial charge in [-0.1, -0.05) is 84.6 Å². The number of ether oxygens (including phenoxy) is 2. The molecule has 6 rings (SSSR count). The zero-order valence-electron chi connectivity index (χ0n) is 24.4. The number of hydrogen-bond acceptors (Lipinski definition) is 7. The van der Waals surface area contributed by atoms with Crippen molar-refractivity contribution in [1.82, 2.24) is 15.6 Å². The third-order valence-electron chi connectivity index (χ3n) is 7.49. The lowest BCUT2D eigenvalue weighted by atomic mass is 9.99. The van der Waals surface area contributed by atoms with E-state index in [9.17, 15) is 9.90 Å². The van der Waals surface area contributed by atoms with E-state index in [0.29, 0.717) is 19.5 Å². The summed E-state index contributed by atoms with van der Waals surface area (Å²) in [6.45, 7) is 2.93. The van der Waals surface area contributed by atoms with Crippen LogP contribution < -0.4 is 10.6 Å². The second-order valence-electron chi connectivity index (χ2n) is 10.6. The van der Waals surface area contributed by atoms with Gasteiger partial charge in [0.1, 0.15) is 0 Å². The molecule has 2 heterocycles. The molecule has 1 aliphatic heterocycles. The average molecular weight is 626 g/mol. The summed E-state index contributed by atoms with van der Waals surface area (Å²) in [7, 11) is 0. The number of rotatable bonds is 10. The van der Waals surface area contributed by atoms with E-state index < -0.39 is 6.29 Å². The number of para-hydroxylation sites is 1. The number of urea groups is 1. The minimum Gasteiger partial charge on any atom is -0.392 e. The SMILES string of the molecule is CCNC(=O)NCc1cccc(-c2cccc(C3OC(CSc4nc5ccccc5s4)CC(c4ccc(CO)cc4)O3)c2)c1. The fourth-order valence-electron chi connectivity index (χ4n) is 5.23. The molecule has 0 aliphatic carbocycles. The highest BCUT2D eigenvalue weighted by molar-refractivity contribution is 8.01. The second-order valence-corrected chi connectivity index (χ2v) is 12.9. The Hall–Kier alpha value is -3.73. The van der Waals surface area contributed by atoms with Crippen molar-refractivity contribution in [3.05, 3.63) is 119 Å². The van der Waals surface area contributed by atoms with Crippen LogP contribution in [-0.2, 0) is 22.6 Å². The fraction of sp³-hybridized carbons (Fsp3) is 0.257. The maximum absolute atomic E-state index is 11.9. The molecule has 9 heteroatoms. The Labute approximate surface area is 265 Å². The molecule has 0 saturated carbocycles. The highest BCUT2D eigenvalue weighted by Crippen LogP contribution is 2.41. The number of nitrogens with one attached hydrogen (secondary N) is 2. The number of aromatic nitrogens is 1. The van der Waals surface area contributed by atoms with Gasteiger partial charge in [0.2, 0.25) is 0 Å². The van der Waals surface area contributed by atoms with E-state index in [-0.39, 0.29) is 24.8 Å². The van der Waals surface area contributed by atoms with Crippen molar-refractivity contribution in [2.45, 2.75) is 49.3 Å². The van der Waals surface area contributed by atoms with Gasteiger partial charge in [-0.05, 0) is 59.0 Å². The van der Waals surface area contributed by atoms with Gasteiger partial charge in [-0.25, -0.2) is 9.78 Å². The van der Waals surface area contributed by atoms with Gasteiger partial charge >= 0.3 is 6.03 Å². The maximum atomic E-state index is 11.9. The predicted octanol–water partition coefficient (Wildman–Crippen LogP) is 7.61. The van der Waals surface area contributed by atoms with Gasteiger partial charge in [-0.2, -0.15) is 0 Å². The Balaban J connectivity index is 1.22. The summed E-state index contributed by atoms with van der Waals surface area (Å²) >= 11 is 3.43. The molecule has 226 valence electrons. The highest BCUT2D eigenvalue weighted by Gasteiger charge is 2.32. The normalized spacial score (nSPS) is 18.3. The van der Waals surface area contributed by atoms with E-state index in [1.807, 2.05) is 73.7 Å². The van der Waals surface area contributed by atoms with Crippen molar-refractivity contribution in [2.24, 2.45) is 0 Å². The molecule has 5 aromatic rings. The van der Waals surface area contributed by atoms with E-state index in [1.54, 1.807) is 23.1 Å². The van der Waals surface area contributed by atoms with E-state index in [4.69, 9.17) is 14.5 Å². The van der Waals surface area contributed by atoms with Crippen LogP contribution in [0.2, 0.25) is 0 Å². The summed E-state index contributed by atoms with van der Waals surface area (Å²) in [5.74, 6) is 0.755. The predicted molar refractivity (Wildman–Crippen MR) is 177 cm³/mol. The molecule has 0 radical (unpaired) electrons. The third kappa shape index (κ3) is 7.49. The zero-order valence-corrected chi connectivity index (χ0v) is 26.1. The van der Waals surface area contributed by atoms with E-state index in [0.717, 1.165) is 49.0 Å². The number of aliphatic hydroxyl groups is 1. The maximum Gasteiger partial charge on any atom is 0.315 e. The minimum atomic E-state index is -0.547. The van der Waals surface area contributed by atoms with Crippen molar-refractivity contribution >= 4 is 39.3 Å². The van der Waals surface area contributed by atoms with Crippen LogP contribution in [0, 0.1) is 0 Å². The number of carbonyl (C=O) groups is 1. The molecule has 3 unspecified atom stereocenters. The van der Waals surface area contributed by atoms with E-state index in [2.05, 4.69) is 41.0 Å². The van der Waals surface area contributed by atoms with Crippen LogP contribution in [0.1, 0.15) is 48.0 Å². The first-order chi connectivity index (χ1) is 21.6. The Bertz CT molecular complexity index is 1680. The quantitative estimate of drug-likeness (QED) is 0.138. The number of fused-ring (bicyclic) bond motifs is 1. The summed E-state index contributed by atoms with van der Waals surface area (Å²) in [5, 5.41) is 15.2. The van der Waals surface area contributed by atoms with E-state index >= 15 is 0 Å². The van der Waals surface area contributed by atoms with Crippen molar-refractivity contribution in [3.63, 3.8) is 0 Å². The molecule has 1 aliphatic rings. The van der Waals surface area contributed by atoms with Crippen LogP contribution in [0.4, 0.5) is 4.79 Å². The number of thioether (sulfide) groups is 1. The molecule has 0 bridgehead atoms. The largest absolute Gasteiger partial charge is 0.392 e. The molecule has 4 aromatic carbocycles. The van der Waals surface area contributed by atoms with Gasteiger partial charge in [0, 0.05) is 30.8 Å². The second kappa shape index (κ2) is 14.4. The number of thiazole rings is 1. The monoisotopic (exact) mass is 625 g/mol. The molecule has 2 amide bonds. The lowest BCUT2D eigenvalue weighted by molar-refractivity contribution is -0.245. The fourth-order valence-corrected chi connectivity index (χ4v) is 7.34. The Morgan fingerprint density at radius 3 is 2.50 bits per heavy atom. The Kier molecular flexibility index (Phi) is 9.89. The Morgan fingerprint density at radius 2 is 1.70 bits per heavy atom. The van der Waals surface area contributed by atoms with Gasteiger partial charge in [0.15, 0.2) is 10.6 Å². The molecular formula is C35H35N3O4S2. The highest BCUT2D eigenvalue weighted by atomic mass is 32.2. The first kappa shape index (κ1) is 30.3. The van der Waals surface area contributed by atoms with Crippen LogP contribution in [0.5, 0.6) is 0 Å². The Morgan fingerprint density at radius 1 is 0.909 bits per heavy atom. The van der Waals surface area contributed by atoms with Crippen LogP contribution in [0.3, 0.4) is 0 Å². The van der Waals surface area contributed by atoms with Gasteiger partial charge in [0.05, 0.1) is 29.0 Å². The standard InChI is InChI=1S/C35H35N3O4S2/c1-2-36-34(40)37-20-24-7-5-8-26(17-24)27-9-6-10-28(18-27)33-41-29(19-31(42-33)25-15-13-23(21-39)14-16-25)22-43-35-38-30-11-3-4-12-32(30)44-35/h3-18,29,31,33,39H,2,19-22H2,1H3,(H2,36,37,40). The van der Waals surface area contributed by atoms with Gasteiger partial charge in [-0.3, -0.25) is 0 Å². The van der Waals surface area contributed by atoms with Crippen LogP contribution in [-0.4, -0.2) is 34.5 Å². The minimum absolute atomic E-state index is 0.00889. The number of nitrogens with zero attached hydrogens (tertiary/aromatic N) is 1.